The molecule has 1 saturated carbocycles. The van der Waals surface area contributed by atoms with E-state index < -0.39 is 33.6 Å². The third-order valence-electron chi connectivity index (χ3n) is 6.44. The van der Waals surface area contributed by atoms with Crippen LogP contribution in [0.4, 0.5) is 8.78 Å². The Hall–Kier alpha value is -3.11. The van der Waals surface area contributed by atoms with E-state index in [-0.39, 0.29) is 29.1 Å². The van der Waals surface area contributed by atoms with Gasteiger partial charge in [-0.05, 0) is 82.5 Å². The van der Waals surface area contributed by atoms with E-state index in [2.05, 4.69) is 9.71 Å². The number of rotatable bonds is 9. The molecule has 192 valence electrons. The lowest BCUT2D eigenvalue weighted by molar-refractivity contribution is -0.122. The van der Waals surface area contributed by atoms with Gasteiger partial charge in [-0.15, -0.1) is 0 Å². The number of aromatic nitrogens is 1. The maximum Gasteiger partial charge on any atom is 0.387 e. The van der Waals surface area contributed by atoms with Crippen molar-refractivity contribution in [3.05, 3.63) is 65.4 Å². The summed E-state index contributed by atoms with van der Waals surface area (Å²) >= 11 is 0. The number of sulfonamides is 1. The fraction of sp³-hybridized carbons (Fsp3) is 0.385. The van der Waals surface area contributed by atoms with Crippen molar-refractivity contribution in [1.29, 1.82) is 0 Å². The number of pyridine rings is 1. The Bertz CT molecular complexity index is 1420. The van der Waals surface area contributed by atoms with Crippen LogP contribution in [0.25, 0.3) is 10.9 Å². The Kier molecular flexibility index (Phi) is 6.78. The SMILES string of the molecule is CCOC(C)(C)c1ccc(OC(F)F)c(C2(C(=O)NS(=O)(=O)c3cccc4nc(C)ccc34)CC2)c1. The van der Waals surface area contributed by atoms with Crippen molar-refractivity contribution in [2.24, 2.45) is 0 Å². The van der Waals surface area contributed by atoms with E-state index in [4.69, 9.17) is 9.47 Å². The van der Waals surface area contributed by atoms with Gasteiger partial charge in [0.05, 0.1) is 21.4 Å². The van der Waals surface area contributed by atoms with Gasteiger partial charge in [-0.1, -0.05) is 12.1 Å². The molecule has 1 aromatic heterocycles. The number of alkyl halides is 2. The van der Waals surface area contributed by atoms with Gasteiger partial charge in [0.15, 0.2) is 0 Å². The molecule has 1 amide bonds. The summed E-state index contributed by atoms with van der Waals surface area (Å²) in [6, 6.07) is 12.5. The molecule has 0 unspecified atom stereocenters. The molecular weight excluding hydrogens is 490 g/mol. The predicted molar refractivity (Wildman–Crippen MR) is 130 cm³/mol. The monoisotopic (exact) mass is 518 g/mol. The number of hydrogen-bond acceptors (Lipinski definition) is 6. The number of hydrogen-bond donors (Lipinski definition) is 1. The molecule has 0 aliphatic heterocycles. The van der Waals surface area contributed by atoms with Crippen molar-refractivity contribution in [2.75, 3.05) is 6.61 Å². The first-order valence-electron chi connectivity index (χ1n) is 11.6. The average molecular weight is 519 g/mol. The fourth-order valence-electron chi connectivity index (χ4n) is 4.40. The second-order valence-corrected chi connectivity index (χ2v) is 11.0. The maximum atomic E-state index is 13.5. The number of ether oxygens (including phenoxy) is 2. The van der Waals surface area contributed by atoms with Gasteiger partial charge in [0.1, 0.15) is 5.75 Å². The molecule has 0 atom stereocenters. The predicted octanol–water partition coefficient (Wildman–Crippen LogP) is 4.95. The Morgan fingerprint density at radius 1 is 1.17 bits per heavy atom. The summed E-state index contributed by atoms with van der Waals surface area (Å²) in [6.45, 7) is 4.58. The van der Waals surface area contributed by atoms with Crippen molar-refractivity contribution in [3.8, 4) is 5.75 Å². The van der Waals surface area contributed by atoms with Crippen LogP contribution in [-0.2, 0) is 30.6 Å². The van der Waals surface area contributed by atoms with Crippen LogP contribution in [-0.4, -0.2) is 32.5 Å². The maximum absolute atomic E-state index is 13.5. The van der Waals surface area contributed by atoms with Crippen LogP contribution in [0.3, 0.4) is 0 Å². The molecule has 0 radical (unpaired) electrons. The lowest BCUT2D eigenvalue weighted by Crippen LogP contribution is -2.39. The van der Waals surface area contributed by atoms with Crippen LogP contribution >= 0.6 is 0 Å². The van der Waals surface area contributed by atoms with Crippen molar-refractivity contribution in [3.63, 3.8) is 0 Å². The van der Waals surface area contributed by atoms with Gasteiger partial charge in [0.2, 0.25) is 5.91 Å². The first kappa shape index (κ1) is 26.0. The van der Waals surface area contributed by atoms with E-state index in [1.807, 2.05) is 20.8 Å². The number of halogens is 2. The van der Waals surface area contributed by atoms with Crippen LogP contribution in [0, 0.1) is 6.92 Å². The minimum atomic E-state index is -4.29. The van der Waals surface area contributed by atoms with Crippen molar-refractivity contribution in [2.45, 2.75) is 63.1 Å². The van der Waals surface area contributed by atoms with Crippen LogP contribution < -0.4 is 9.46 Å². The van der Waals surface area contributed by atoms with E-state index in [0.717, 1.165) is 5.69 Å². The largest absolute Gasteiger partial charge is 0.435 e. The molecular formula is C26H28F2N2O5S. The molecule has 1 heterocycles. The zero-order chi connectivity index (χ0) is 26.3. The first-order valence-corrected chi connectivity index (χ1v) is 13.1. The summed E-state index contributed by atoms with van der Waals surface area (Å²) < 4.78 is 65.6. The third kappa shape index (κ3) is 4.92. The van der Waals surface area contributed by atoms with Gasteiger partial charge in [-0.3, -0.25) is 9.78 Å². The van der Waals surface area contributed by atoms with E-state index >= 15 is 0 Å². The standard InChI is InChI=1S/C26H28F2N2O5S/c1-5-34-25(3,4)17-10-12-21(35-24(27)28)19(15-17)26(13-14-26)23(31)30-36(32,33)22-8-6-7-20-18(22)11-9-16(2)29-20/h6-12,15,24H,5,13-14H2,1-4H3,(H,30,31). The summed E-state index contributed by atoms with van der Waals surface area (Å²) in [6.07, 6.45) is 0.561. The molecule has 7 nitrogen and oxygen atoms in total. The Balaban J connectivity index is 1.73. The molecule has 3 aromatic rings. The van der Waals surface area contributed by atoms with Gasteiger partial charge in [0.25, 0.3) is 10.0 Å². The zero-order valence-corrected chi connectivity index (χ0v) is 21.3. The summed E-state index contributed by atoms with van der Waals surface area (Å²) in [4.78, 5) is 17.7. The summed E-state index contributed by atoms with van der Waals surface area (Å²) in [5.41, 5.74) is -0.0343. The van der Waals surface area contributed by atoms with E-state index in [0.29, 0.717) is 23.1 Å². The van der Waals surface area contributed by atoms with Gasteiger partial charge in [0, 0.05) is 23.3 Å². The number of aryl methyl sites for hydroxylation is 1. The minimum absolute atomic E-state index is 0.0908. The molecule has 36 heavy (non-hydrogen) atoms. The number of fused-ring (bicyclic) bond motifs is 1. The quantitative estimate of drug-likeness (QED) is 0.431. The van der Waals surface area contributed by atoms with E-state index in [1.165, 1.54) is 12.1 Å². The highest BCUT2D eigenvalue weighted by Gasteiger charge is 2.54. The number of carbonyl (C=O) groups excluding carboxylic acids is 1. The molecule has 10 heteroatoms. The van der Waals surface area contributed by atoms with E-state index in [9.17, 15) is 22.0 Å². The van der Waals surface area contributed by atoms with Crippen molar-refractivity contribution in [1.82, 2.24) is 9.71 Å². The molecule has 0 saturated heterocycles. The molecule has 1 N–H and O–H groups in total. The zero-order valence-electron chi connectivity index (χ0n) is 20.5. The second-order valence-electron chi connectivity index (χ2n) is 9.32. The Morgan fingerprint density at radius 3 is 2.53 bits per heavy atom. The number of benzene rings is 2. The molecule has 4 rings (SSSR count). The topological polar surface area (TPSA) is 94.6 Å². The highest BCUT2D eigenvalue weighted by atomic mass is 32.2. The fourth-order valence-corrected chi connectivity index (χ4v) is 5.67. The molecule has 1 fully saturated rings. The minimum Gasteiger partial charge on any atom is -0.435 e. The summed E-state index contributed by atoms with van der Waals surface area (Å²) in [5.74, 6) is -0.971. The van der Waals surface area contributed by atoms with Crippen LogP contribution in [0.1, 0.15) is 50.4 Å². The first-order chi connectivity index (χ1) is 16.9. The molecule has 1 aliphatic rings. The average Bonchev–Trinajstić information content (AvgIpc) is 3.60. The number of nitrogens with one attached hydrogen (secondary N) is 1. The van der Waals surface area contributed by atoms with Crippen LogP contribution in [0.15, 0.2) is 53.4 Å². The van der Waals surface area contributed by atoms with Gasteiger partial charge in [-0.25, -0.2) is 13.1 Å². The highest BCUT2D eigenvalue weighted by Crippen LogP contribution is 2.53. The van der Waals surface area contributed by atoms with Crippen LogP contribution in [0.5, 0.6) is 5.75 Å². The lowest BCUT2D eigenvalue weighted by Gasteiger charge is -2.28. The Labute approximate surface area is 208 Å². The highest BCUT2D eigenvalue weighted by molar-refractivity contribution is 7.90. The Morgan fingerprint density at radius 2 is 1.89 bits per heavy atom. The van der Waals surface area contributed by atoms with Gasteiger partial charge < -0.3 is 9.47 Å². The summed E-state index contributed by atoms with van der Waals surface area (Å²) in [7, 11) is -4.29. The lowest BCUT2D eigenvalue weighted by atomic mass is 9.88. The van der Waals surface area contributed by atoms with Gasteiger partial charge in [-0.2, -0.15) is 8.78 Å². The van der Waals surface area contributed by atoms with E-state index in [1.54, 1.807) is 43.3 Å². The number of nitrogens with zero attached hydrogens (tertiary/aromatic N) is 1. The normalized spacial score (nSPS) is 15.2. The number of amides is 1. The molecule has 0 spiro atoms. The number of carbonyl (C=O) groups is 1. The summed E-state index contributed by atoms with van der Waals surface area (Å²) in [5, 5.41) is 0.371. The van der Waals surface area contributed by atoms with Crippen molar-refractivity contribution >= 4 is 26.8 Å². The van der Waals surface area contributed by atoms with Crippen LogP contribution in [0.2, 0.25) is 0 Å². The third-order valence-corrected chi connectivity index (χ3v) is 7.83. The molecule has 1 aliphatic carbocycles. The van der Waals surface area contributed by atoms with Gasteiger partial charge >= 0.3 is 6.61 Å². The van der Waals surface area contributed by atoms with Crippen molar-refractivity contribution < 1.29 is 31.5 Å². The second kappa shape index (κ2) is 9.40. The molecule has 2 aromatic carbocycles. The molecule has 0 bridgehead atoms. The smallest absolute Gasteiger partial charge is 0.387 e.